The summed E-state index contributed by atoms with van der Waals surface area (Å²) in [6.07, 6.45) is 0.760. The molecule has 0 aromatic heterocycles. The van der Waals surface area contributed by atoms with Crippen molar-refractivity contribution in [2.45, 2.75) is 44.7 Å². The van der Waals surface area contributed by atoms with Crippen molar-refractivity contribution >= 4 is 43.5 Å². The van der Waals surface area contributed by atoms with E-state index in [1.54, 1.807) is 49.4 Å². The maximum Gasteiger partial charge on any atom is 0.264 e. The Balaban J connectivity index is 2.01. The molecule has 0 heterocycles. The Morgan fingerprint density at radius 3 is 2.32 bits per heavy atom. The quantitative estimate of drug-likeness (QED) is 0.347. The summed E-state index contributed by atoms with van der Waals surface area (Å²) in [5.74, 6) is -0.775. The summed E-state index contributed by atoms with van der Waals surface area (Å²) in [5.41, 5.74) is 2.21. The molecule has 3 aromatic carbocycles. The lowest BCUT2D eigenvalue weighted by Gasteiger charge is -2.32. The van der Waals surface area contributed by atoms with Crippen LogP contribution in [-0.4, -0.2) is 44.3 Å². The number of anilines is 1. The molecule has 1 atom stereocenters. The molecular weight excluding hydrogens is 554 g/mol. The van der Waals surface area contributed by atoms with E-state index >= 15 is 0 Å². The van der Waals surface area contributed by atoms with Gasteiger partial charge in [-0.3, -0.25) is 13.9 Å². The predicted molar refractivity (Wildman–Crippen MR) is 150 cm³/mol. The molecule has 1 N–H and O–H groups in total. The van der Waals surface area contributed by atoms with E-state index in [1.807, 2.05) is 38.1 Å². The van der Waals surface area contributed by atoms with E-state index in [1.165, 1.54) is 17.0 Å². The van der Waals surface area contributed by atoms with Crippen LogP contribution in [0.4, 0.5) is 5.69 Å². The second kappa shape index (κ2) is 12.9. The van der Waals surface area contributed by atoms with Crippen LogP contribution < -0.4 is 9.62 Å². The average molecular weight is 587 g/mol. The third-order valence-corrected chi connectivity index (χ3v) is 8.14. The Labute approximate surface area is 227 Å². The second-order valence-corrected chi connectivity index (χ2v) is 11.6. The normalized spacial score (nSPS) is 12.0. The van der Waals surface area contributed by atoms with Crippen LogP contribution in [0, 0.1) is 6.92 Å². The monoisotopic (exact) mass is 585 g/mol. The summed E-state index contributed by atoms with van der Waals surface area (Å²) in [5, 5.41) is 2.84. The van der Waals surface area contributed by atoms with Gasteiger partial charge in [-0.05, 0) is 56.2 Å². The first kappa shape index (κ1) is 28.4. The minimum absolute atomic E-state index is 0.0711. The fourth-order valence-electron chi connectivity index (χ4n) is 3.87. The Hall–Kier alpha value is -3.17. The van der Waals surface area contributed by atoms with E-state index in [0.717, 1.165) is 21.9 Å². The highest BCUT2D eigenvalue weighted by molar-refractivity contribution is 9.10. The van der Waals surface area contributed by atoms with Crippen molar-refractivity contribution in [3.63, 3.8) is 0 Å². The number of aryl methyl sites for hydroxylation is 1. The number of hydrogen-bond donors (Lipinski definition) is 1. The van der Waals surface area contributed by atoms with Gasteiger partial charge in [-0.15, -0.1) is 0 Å². The molecule has 0 radical (unpaired) electrons. The maximum absolute atomic E-state index is 13.8. The van der Waals surface area contributed by atoms with Gasteiger partial charge in [-0.25, -0.2) is 8.42 Å². The van der Waals surface area contributed by atoms with Crippen molar-refractivity contribution in [2.75, 3.05) is 17.4 Å². The van der Waals surface area contributed by atoms with Gasteiger partial charge in [-0.1, -0.05) is 76.9 Å². The average Bonchev–Trinajstić information content (AvgIpc) is 2.88. The molecular formula is C28H32BrN3O4S. The van der Waals surface area contributed by atoms with Gasteiger partial charge in [0.2, 0.25) is 11.8 Å². The molecule has 0 bridgehead atoms. The van der Waals surface area contributed by atoms with Gasteiger partial charge in [0, 0.05) is 17.6 Å². The number of hydrogen-bond acceptors (Lipinski definition) is 4. The molecule has 0 fully saturated rings. The highest BCUT2D eigenvalue weighted by Gasteiger charge is 2.32. The number of sulfonamides is 1. The maximum atomic E-state index is 13.8. The van der Waals surface area contributed by atoms with Crippen LogP contribution in [0.3, 0.4) is 0 Å². The SMILES string of the molecule is CCCNC(=O)[C@@H](C)N(Cc1cccc(C)c1)C(=O)CN(c1cccc(Br)c1)S(=O)(=O)c1ccccc1. The molecule has 37 heavy (non-hydrogen) atoms. The lowest BCUT2D eigenvalue weighted by atomic mass is 10.1. The Morgan fingerprint density at radius 1 is 0.973 bits per heavy atom. The molecule has 2 amide bonds. The van der Waals surface area contributed by atoms with Gasteiger partial charge in [0.1, 0.15) is 12.6 Å². The molecule has 0 aliphatic heterocycles. The van der Waals surface area contributed by atoms with Crippen LogP contribution in [-0.2, 0) is 26.2 Å². The molecule has 0 saturated heterocycles. The number of nitrogens with one attached hydrogen (secondary N) is 1. The van der Waals surface area contributed by atoms with Crippen LogP contribution in [0.15, 0.2) is 88.2 Å². The largest absolute Gasteiger partial charge is 0.354 e. The van der Waals surface area contributed by atoms with E-state index in [9.17, 15) is 18.0 Å². The zero-order chi connectivity index (χ0) is 27.0. The summed E-state index contributed by atoms with van der Waals surface area (Å²) in [6, 6.07) is 21.7. The van der Waals surface area contributed by atoms with Crippen molar-refractivity contribution in [3.8, 4) is 0 Å². The number of nitrogens with zero attached hydrogens (tertiary/aromatic N) is 2. The Morgan fingerprint density at radius 2 is 1.68 bits per heavy atom. The van der Waals surface area contributed by atoms with Crippen LogP contribution in [0.25, 0.3) is 0 Å². The van der Waals surface area contributed by atoms with Crippen LogP contribution in [0.2, 0.25) is 0 Å². The fraction of sp³-hybridized carbons (Fsp3) is 0.286. The number of rotatable bonds is 11. The van der Waals surface area contributed by atoms with E-state index in [2.05, 4.69) is 21.2 Å². The first-order valence-corrected chi connectivity index (χ1v) is 14.3. The molecule has 3 rings (SSSR count). The Kier molecular flexibility index (Phi) is 9.88. The summed E-state index contributed by atoms with van der Waals surface area (Å²) in [4.78, 5) is 28.2. The molecule has 0 aliphatic carbocycles. The third kappa shape index (κ3) is 7.42. The molecule has 0 saturated carbocycles. The number of amides is 2. The smallest absolute Gasteiger partial charge is 0.264 e. The zero-order valence-corrected chi connectivity index (χ0v) is 23.6. The second-order valence-electron chi connectivity index (χ2n) is 8.78. The lowest BCUT2D eigenvalue weighted by Crippen LogP contribution is -2.51. The highest BCUT2D eigenvalue weighted by atomic mass is 79.9. The van der Waals surface area contributed by atoms with Crippen LogP contribution >= 0.6 is 15.9 Å². The number of halogens is 1. The van der Waals surface area contributed by atoms with Gasteiger partial charge in [0.25, 0.3) is 10.0 Å². The summed E-state index contributed by atoms with van der Waals surface area (Å²) >= 11 is 3.40. The highest BCUT2D eigenvalue weighted by Crippen LogP contribution is 2.27. The van der Waals surface area contributed by atoms with Gasteiger partial charge in [0.05, 0.1) is 10.6 Å². The molecule has 0 aliphatic rings. The van der Waals surface area contributed by atoms with Crippen LogP contribution in [0.1, 0.15) is 31.4 Å². The van der Waals surface area contributed by atoms with Crippen molar-refractivity contribution < 1.29 is 18.0 Å². The minimum atomic E-state index is -4.07. The van der Waals surface area contributed by atoms with Crippen LogP contribution in [0.5, 0.6) is 0 Å². The van der Waals surface area contributed by atoms with Crippen molar-refractivity contribution in [1.29, 1.82) is 0 Å². The number of carbonyl (C=O) groups excluding carboxylic acids is 2. The van der Waals surface area contributed by atoms with Gasteiger partial charge in [0.15, 0.2) is 0 Å². The summed E-state index contributed by atoms with van der Waals surface area (Å²) in [7, 11) is -4.07. The number of carbonyl (C=O) groups is 2. The molecule has 3 aromatic rings. The first-order chi connectivity index (χ1) is 17.6. The van der Waals surface area contributed by atoms with E-state index in [-0.39, 0.29) is 17.3 Å². The van der Waals surface area contributed by atoms with E-state index < -0.39 is 28.5 Å². The molecule has 196 valence electrons. The van der Waals surface area contributed by atoms with E-state index in [0.29, 0.717) is 16.7 Å². The number of benzene rings is 3. The fourth-order valence-corrected chi connectivity index (χ4v) is 5.68. The van der Waals surface area contributed by atoms with Gasteiger partial charge in [-0.2, -0.15) is 0 Å². The molecule has 9 heteroatoms. The van der Waals surface area contributed by atoms with Crippen molar-refractivity contribution in [3.05, 3.63) is 94.5 Å². The molecule has 7 nitrogen and oxygen atoms in total. The van der Waals surface area contributed by atoms with E-state index in [4.69, 9.17) is 0 Å². The van der Waals surface area contributed by atoms with Gasteiger partial charge >= 0.3 is 0 Å². The molecule has 0 unspecified atom stereocenters. The van der Waals surface area contributed by atoms with Gasteiger partial charge < -0.3 is 10.2 Å². The molecule has 0 spiro atoms. The zero-order valence-electron chi connectivity index (χ0n) is 21.2. The first-order valence-electron chi connectivity index (χ1n) is 12.1. The topological polar surface area (TPSA) is 86.8 Å². The summed E-state index contributed by atoms with van der Waals surface area (Å²) in [6.45, 7) is 5.75. The van der Waals surface area contributed by atoms with Crippen molar-refractivity contribution in [2.24, 2.45) is 0 Å². The summed E-state index contributed by atoms with van der Waals surface area (Å²) < 4.78 is 29.2. The predicted octanol–water partition coefficient (Wildman–Crippen LogP) is 4.90. The third-order valence-electron chi connectivity index (χ3n) is 5.86. The standard InChI is InChI=1S/C28H32BrN3O4S/c1-4-16-30-28(34)22(3)31(19-23-11-8-10-21(2)17-23)27(33)20-32(25-13-9-12-24(29)18-25)37(35,36)26-14-6-5-7-15-26/h5-15,17-18,22H,4,16,19-20H2,1-3H3,(H,30,34)/t22-/m1/s1. The Bertz CT molecular complexity index is 1330. The minimum Gasteiger partial charge on any atom is -0.354 e. The van der Waals surface area contributed by atoms with Crippen molar-refractivity contribution in [1.82, 2.24) is 10.2 Å². The lowest BCUT2D eigenvalue weighted by molar-refractivity contribution is -0.139.